The minimum Gasteiger partial charge on any atom is -0.369 e. The Morgan fingerprint density at radius 2 is 2.11 bits per heavy atom. The molecule has 0 bridgehead atoms. The Labute approximate surface area is 171 Å². The maximum Gasteiger partial charge on any atom is 0.190 e. The number of nitrogens with one attached hydrogen (secondary N) is 2. The number of hydrogen-bond donors (Lipinski definition) is 2. The highest BCUT2D eigenvalue weighted by atomic mass is 32.2. The van der Waals surface area contributed by atoms with Crippen molar-refractivity contribution in [1.82, 2.24) is 9.97 Å². The van der Waals surface area contributed by atoms with E-state index in [4.69, 9.17) is 14.7 Å². The Morgan fingerprint density at radius 3 is 2.81 bits per heavy atom. The number of thioether (sulfide) groups is 1. The molecule has 7 heteroatoms. The monoisotopic (exact) mass is 409 g/mol. The van der Waals surface area contributed by atoms with Crippen LogP contribution in [-0.4, -0.2) is 48.5 Å². The summed E-state index contributed by atoms with van der Waals surface area (Å²) in [5.74, 6) is 2.07. The number of quaternary nitrogens is 1. The van der Waals surface area contributed by atoms with E-state index in [2.05, 4.69) is 40.2 Å². The average Bonchev–Trinajstić information content (AvgIpc) is 3.00. The van der Waals surface area contributed by atoms with Crippen molar-refractivity contribution in [3.63, 3.8) is 0 Å². The number of rotatable bonds is 9. The minimum atomic E-state index is -0.0812. The summed E-state index contributed by atoms with van der Waals surface area (Å²) >= 11 is 3.54. The van der Waals surface area contributed by atoms with Gasteiger partial charge in [0.1, 0.15) is 10.6 Å². The molecular formula is C20H33N4OS2+. The van der Waals surface area contributed by atoms with E-state index in [0.29, 0.717) is 6.61 Å². The highest BCUT2D eigenvalue weighted by Gasteiger charge is 2.33. The maximum atomic E-state index is 6.16. The molecule has 3 heterocycles. The lowest BCUT2D eigenvalue weighted by Crippen LogP contribution is -3.05. The molecule has 0 spiro atoms. The number of fused-ring (bicyclic) bond motifs is 3. The lowest BCUT2D eigenvalue weighted by Gasteiger charge is -2.33. The first kappa shape index (κ1) is 20.8. The van der Waals surface area contributed by atoms with Crippen molar-refractivity contribution in [2.24, 2.45) is 0 Å². The Bertz CT molecular complexity index is 777. The van der Waals surface area contributed by atoms with Crippen molar-refractivity contribution < 1.29 is 9.64 Å². The zero-order valence-electron chi connectivity index (χ0n) is 17.3. The third-order valence-corrected chi connectivity index (χ3v) is 7.30. The van der Waals surface area contributed by atoms with Crippen molar-refractivity contribution in [3.05, 3.63) is 10.4 Å². The molecule has 2 aromatic rings. The first-order valence-electron chi connectivity index (χ1n) is 10.1. The van der Waals surface area contributed by atoms with E-state index in [9.17, 15) is 0 Å². The predicted molar refractivity (Wildman–Crippen MR) is 116 cm³/mol. The van der Waals surface area contributed by atoms with Crippen LogP contribution in [0.4, 0.5) is 5.82 Å². The normalized spacial score (nSPS) is 19.6. The SMILES string of the molecule is CCCSc1nc(NCCC[NH+](C)C)c2c3c(sc2n1)CO[C@@](C)(CC)C3. The van der Waals surface area contributed by atoms with Crippen LogP contribution in [0.3, 0.4) is 0 Å². The molecule has 1 aliphatic heterocycles. The fraction of sp³-hybridized carbons (Fsp3) is 0.700. The van der Waals surface area contributed by atoms with E-state index in [1.165, 1.54) is 20.7 Å². The first-order valence-corrected chi connectivity index (χ1v) is 11.9. The molecule has 0 saturated carbocycles. The van der Waals surface area contributed by atoms with Gasteiger partial charge in [-0.3, -0.25) is 0 Å². The summed E-state index contributed by atoms with van der Waals surface area (Å²) in [5, 5.41) is 5.75. The third kappa shape index (κ3) is 4.94. The zero-order valence-corrected chi connectivity index (χ0v) is 18.9. The predicted octanol–water partition coefficient (Wildman–Crippen LogP) is 3.38. The molecule has 1 atom stereocenters. The van der Waals surface area contributed by atoms with Gasteiger partial charge in [0, 0.05) is 30.0 Å². The lowest BCUT2D eigenvalue weighted by atomic mass is 9.90. The fourth-order valence-corrected chi connectivity index (χ4v) is 5.17. The second-order valence-corrected chi connectivity index (χ2v) is 10.0. The van der Waals surface area contributed by atoms with Crippen LogP contribution in [0.5, 0.6) is 0 Å². The second-order valence-electron chi connectivity index (χ2n) is 7.89. The Morgan fingerprint density at radius 1 is 1.30 bits per heavy atom. The number of nitrogens with zero attached hydrogens (tertiary/aromatic N) is 2. The van der Waals surface area contributed by atoms with Crippen molar-refractivity contribution in [2.45, 2.75) is 63.8 Å². The van der Waals surface area contributed by atoms with Crippen molar-refractivity contribution in [3.8, 4) is 0 Å². The lowest BCUT2D eigenvalue weighted by molar-refractivity contribution is -0.858. The van der Waals surface area contributed by atoms with Gasteiger partial charge in [-0.05, 0) is 25.3 Å². The first-order chi connectivity index (χ1) is 13.0. The summed E-state index contributed by atoms with van der Waals surface area (Å²) in [7, 11) is 4.40. The van der Waals surface area contributed by atoms with Gasteiger partial charge in [-0.2, -0.15) is 0 Å². The standard InChI is InChI=1S/C20H32N4OS2/c1-6-11-26-19-22-17(21-9-8-10-24(4)5)16-14-12-20(3,7-2)25-13-15(14)27-18(16)23-19/h6-13H2,1-5H3,(H,21,22,23)/p+1/t20-/m0/s1. The van der Waals surface area contributed by atoms with Crippen molar-refractivity contribution >= 4 is 39.1 Å². The van der Waals surface area contributed by atoms with Gasteiger partial charge in [-0.25, -0.2) is 9.97 Å². The topological polar surface area (TPSA) is 51.5 Å². The molecule has 1 aliphatic rings. The summed E-state index contributed by atoms with van der Waals surface area (Å²) in [6, 6.07) is 0. The van der Waals surface area contributed by atoms with Gasteiger partial charge in [0.25, 0.3) is 0 Å². The molecule has 0 saturated heterocycles. The van der Waals surface area contributed by atoms with Gasteiger partial charge in [-0.1, -0.05) is 25.6 Å². The van der Waals surface area contributed by atoms with Crippen LogP contribution < -0.4 is 10.2 Å². The number of thiophene rings is 1. The van der Waals surface area contributed by atoms with Crippen LogP contribution in [0.25, 0.3) is 10.2 Å². The zero-order chi connectivity index (χ0) is 19.4. The van der Waals surface area contributed by atoms with Crippen LogP contribution in [0.1, 0.15) is 50.5 Å². The third-order valence-electron chi connectivity index (χ3n) is 5.15. The maximum absolute atomic E-state index is 6.16. The largest absolute Gasteiger partial charge is 0.369 e. The van der Waals surface area contributed by atoms with Crippen LogP contribution in [0.15, 0.2) is 5.16 Å². The highest BCUT2D eigenvalue weighted by Crippen LogP contribution is 2.42. The Balaban J connectivity index is 1.94. The van der Waals surface area contributed by atoms with Crippen LogP contribution >= 0.6 is 23.1 Å². The molecule has 3 rings (SSSR count). The van der Waals surface area contributed by atoms with E-state index in [1.807, 2.05) is 0 Å². The molecule has 2 N–H and O–H groups in total. The fourth-order valence-electron chi connectivity index (χ4n) is 3.31. The second kappa shape index (κ2) is 9.07. The molecular weight excluding hydrogens is 376 g/mol. The molecule has 0 aromatic carbocycles. The molecule has 5 nitrogen and oxygen atoms in total. The quantitative estimate of drug-likeness (QED) is 0.378. The van der Waals surface area contributed by atoms with E-state index in [1.54, 1.807) is 23.1 Å². The smallest absolute Gasteiger partial charge is 0.190 e. The number of hydrogen-bond acceptors (Lipinski definition) is 6. The van der Waals surface area contributed by atoms with Gasteiger partial charge in [0.2, 0.25) is 0 Å². The average molecular weight is 410 g/mol. The van der Waals surface area contributed by atoms with Gasteiger partial charge < -0.3 is 15.0 Å². The van der Waals surface area contributed by atoms with Crippen LogP contribution in [0, 0.1) is 0 Å². The summed E-state index contributed by atoms with van der Waals surface area (Å²) in [5.41, 5.74) is 1.32. The van der Waals surface area contributed by atoms with E-state index < -0.39 is 0 Å². The van der Waals surface area contributed by atoms with Crippen LogP contribution in [-0.2, 0) is 17.8 Å². The molecule has 27 heavy (non-hydrogen) atoms. The van der Waals surface area contributed by atoms with E-state index in [0.717, 1.165) is 60.3 Å². The molecule has 0 amide bonds. The highest BCUT2D eigenvalue weighted by molar-refractivity contribution is 7.99. The van der Waals surface area contributed by atoms with Gasteiger partial charge in [-0.15, -0.1) is 11.3 Å². The van der Waals surface area contributed by atoms with Crippen molar-refractivity contribution in [1.29, 1.82) is 0 Å². The minimum absolute atomic E-state index is 0.0812. The summed E-state index contributed by atoms with van der Waals surface area (Å²) in [6.07, 6.45) is 4.22. The molecule has 0 radical (unpaired) electrons. The summed E-state index contributed by atoms with van der Waals surface area (Å²) in [6.45, 7) is 9.42. The Kier molecular flexibility index (Phi) is 7.00. The van der Waals surface area contributed by atoms with Crippen LogP contribution in [0.2, 0.25) is 0 Å². The van der Waals surface area contributed by atoms with Gasteiger partial charge in [0.05, 0.1) is 38.2 Å². The number of aromatic nitrogens is 2. The van der Waals surface area contributed by atoms with Crippen molar-refractivity contribution in [2.75, 3.05) is 38.3 Å². The summed E-state index contributed by atoms with van der Waals surface area (Å²) in [4.78, 5) is 13.7. The molecule has 0 aliphatic carbocycles. The molecule has 0 fully saturated rings. The molecule has 2 aromatic heterocycles. The number of anilines is 1. The van der Waals surface area contributed by atoms with E-state index in [-0.39, 0.29) is 5.60 Å². The molecule has 150 valence electrons. The molecule has 0 unspecified atom stereocenters. The summed E-state index contributed by atoms with van der Waals surface area (Å²) < 4.78 is 6.16. The van der Waals surface area contributed by atoms with E-state index >= 15 is 0 Å². The Hall–Kier alpha value is -0.890. The number of ether oxygens (including phenoxy) is 1. The van der Waals surface area contributed by atoms with Gasteiger partial charge in [0.15, 0.2) is 5.16 Å². The van der Waals surface area contributed by atoms with Gasteiger partial charge >= 0.3 is 0 Å².